The topological polar surface area (TPSA) is 68.1 Å². The molecule has 2 rings (SSSR count). The average Bonchev–Trinajstić information content (AvgIpc) is 2.38. The number of nitro groups is 1. The van der Waals surface area contributed by atoms with Crippen molar-refractivity contribution in [2.45, 2.75) is 6.42 Å². The first kappa shape index (κ1) is 11.9. The largest absolute Gasteiger partial charge is 0.379 e. The van der Waals surface area contributed by atoms with Crippen LogP contribution in [0.15, 0.2) is 30.5 Å². The third-order valence-electron chi connectivity index (χ3n) is 2.52. The van der Waals surface area contributed by atoms with Crippen LogP contribution in [-0.4, -0.2) is 16.5 Å². The highest BCUT2D eigenvalue weighted by Gasteiger charge is 2.18. The van der Waals surface area contributed by atoms with Crippen molar-refractivity contribution in [1.29, 1.82) is 0 Å². The summed E-state index contributed by atoms with van der Waals surface area (Å²) in [6, 6.07) is 6.78. The van der Waals surface area contributed by atoms with E-state index in [0.717, 1.165) is 0 Å². The summed E-state index contributed by atoms with van der Waals surface area (Å²) in [5, 5.41) is 14.7. The summed E-state index contributed by atoms with van der Waals surface area (Å²) >= 11 is 0. The maximum absolute atomic E-state index is 11.2. The van der Waals surface area contributed by atoms with Crippen LogP contribution in [0.25, 0.3) is 10.9 Å². The van der Waals surface area contributed by atoms with Crippen LogP contribution < -0.4 is 5.32 Å². The number of aromatic nitrogens is 1. The molecule has 1 aromatic heterocycles. The van der Waals surface area contributed by atoms with E-state index in [9.17, 15) is 10.1 Å². The molecular weight excluding hydrogens is 230 g/mol. The number of fused-ring (bicyclic) bond motifs is 1. The molecule has 5 nitrogen and oxygen atoms in total. The number of terminal acetylenes is 1. The van der Waals surface area contributed by atoms with E-state index in [2.05, 4.69) is 16.2 Å². The number of nitrogens with zero attached hydrogens (tertiary/aromatic N) is 2. The minimum atomic E-state index is -0.401. The highest BCUT2D eigenvalue weighted by atomic mass is 16.6. The van der Waals surface area contributed by atoms with Gasteiger partial charge in [-0.15, -0.1) is 12.3 Å². The van der Waals surface area contributed by atoms with Gasteiger partial charge in [0.15, 0.2) is 0 Å². The first-order chi connectivity index (χ1) is 8.74. The average molecular weight is 241 g/mol. The Morgan fingerprint density at radius 1 is 1.44 bits per heavy atom. The fourth-order valence-electron chi connectivity index (χ4n) is 1.75. The number of nitrogens with one attached hydrogen (secondary N) is 1. The van der Waals surface area contributed by atoms with Gasteiger partial charge < -0.3 is 5.32 Å². The van der Waals surface area contributed by atoms with Gasteiger partial charge >= 0.3 is 5.69 Å². The van der Waals surface area contributed by atoms with E-state index in [4.69, 9.17) is 6.42 Å². The van der Waals surface area contributed by atoms with Gasteiger partial charge in [-0.3, -0.25) is 15.1 Å². The Bertz CT molecular complexity index is 632. The standard InChI is InChI=1S/C13H11N3O2/c1-2-3-8-15-12-7-6-11-10(5-4-9-14-11)13(12)16(17)18/h1,4-7,9,15H,3,8H2. The molecule has 0 spiro atoms. The minimum absolute atomic E-state index is 0.0395. The van der Waals surface area contributed by atoms with Gasteiger partial charge in [0.25, 0.3) is 0 Å². The van der Waals surface area contributed by atoms with Crippen LogP contribution in [-0.2, 0) is 0 Å². The molecule has 18 heavy (non-hydrogen) atoms. The molecule has 1 heterocycles. The molecule has 0 aliphatic rings. The smallest absolute Gasteiger partial charge is 0.301 e. The van der Waals surface area contributed by atoms with E-state index in [1.54, 1.807) is 30.5 Å². The van der Waals surface area contributed by atoms with Gasteiger partial charge in [0, 0.05) is 19.2 Å². The Labute approximate surface area is 104 Å². The zero-order valence-corrected chi connectivity index (χ0v) is 9.59. The van der Waals surface area contributed by atoms with E-state index in [1.807, 2.05) is 0 Å². The number of anilines is 1. The lowest BCUT2D eigenvalue weighted by Crippen LogP contribution is -2.04. The zero-order chi connectivity index (χ0) is 13.0. The van der Waals surface area contributed by atoms with Gasteiger partial charge in [0.1, 0.15) is 5.69 Å². The quantitative estimate of drug-likeness (QED) is 0.386. The number of benzene rings is 1. The zero-order valence-electron chi connectivity index (χ0n) is 9.59. The molecule has 0 atom stereocenters. The molecular formula is C13H11N3O2. The number of hydrogen-bond acceptors (Lipinski definition) is 4. The molecule has 0 aliphatic carbocycles. The van der Waals surface area contributed by atoms with Gasteiger partial charge in [-0.25, -0.2) is 0 Å². The molecule has 1 N–H and O–H groups in total. The van der Waals surface area contributed by atoms with Crippen LogP contribution in [0.1, 0.15) is 6.42 Å². The highest BCUT2D eigenvalue weighted by Crippen LogP contribution is 2.32. The van der Waals surface area contributed by atoms with Crippen LogP contribution in [0.5, 0.6) is 0 Å². The summed E-state index contributed by atoms with van der Waals surface area (Å²) in [4.78, 5) is 14.9. The molecule has 0 bridgehead atoms. The molecule has 90 valence electrons. The number of rotatable bonds is 4. The van der Waals surface area contributed by atoms with Gasteiger partial charge in [-0.2, -0.15) is 0 Å². The van der Waals surface area contributed by atoms with E-state index in [0.29, 0.717) is 29.6 Å². The lowest BCUT2D eigenvalue weighted by atomic mass is 10.1. The Morgan fingerprint density at radius 3 is 3.00 bits per heavy atom. The molecule has 0 saturated heterocycles. The van der Waals surface area contributed by atoms with Crippen LogP contribution in [0.4, 0.5) is 11.4 Å². The lowest BCUT2D eigenvalue weighted by Gasteiger charge is -2.07. The van der Waals surface area contributed by atoms with Crippen LogP contribution in [0.2, 0.25) is 0 Å². The van der Waals surface area contributed by atoms with Gasteiger partial charge in [-0.05, 0) is 24.3 Å². The monoisotopic (exact) mass is 241 g/mol. The molecule has 1 aromatic carbocycles. The normalized spacial score (nSPS) is 9.94. The maximum atomic E-state index is 11.2. The van der Waals surface area contributed by atoms with Crippen molar-refractivity contribution in [3.63, 3.8) is 0 Å². The molecule has 2 aromatic rings. The van der Waals surface area contributed by atoms with Crippen molar-refractivity contribution in [2.24, 2.45) is 0 Å². The lowest BCUT2D eigenvalue weighted by molar-refractivity contribution is -0.382. The summed E-state index contributed by atoms with van der Waals surface area (Å²) in [6.07, 6.45) is 7.27. The summed E-state index contributed by atoms with van der Waals surface area (Å²) in [6.45, 7) is 0.503. The predicted octanol–water partition coefficient (Wildman–Crippen LogP) is 2.58. The Morgan fingerprint density at radius 2 is 2.28 bits per heavy atom. The summed E-state index contributed by atoms with van der Waals surface area (Å²) in [5.41, 5.74) is 1.11. The first-order valence-electron chi connectivity index (χ1n) is 5.43. The maximum Gasteiger partial charge on any atom is 0.301 e. The Kier molecular flexibility index (Phi) is 3.39. The summed E-state index contributed by atoms with van der Waals surface area (Å²) in [7, 11) is 0. The molecule has 0 radical (unpaired) electrons. The second-order valence-corrected chi connectivity index (χ2v) is 3.67. The van der Waals surface area contributed by atoms with Crippen molar-refractivity contribution in [3.8, 4) is 12.3 Å². The van der Waals surface area contributed by atoms with Crippen LogP contribution >= 0.6 is 0 Å². The van der Waals surface area contributed by atoms with Gasteiger partial charge in [-0.1, -0.05) is 0 Å². The van der Waals surface area contributed by atoms with E-state index < -0.39 is 4.92 Å². The van der Waals surface area contributed by atoms with Crippen molar-refractivity contribution in [1.82, 2.24) is 4.98 Å². The molecule has 5 heteroatoms. The van der Waals surface area contributed by atoms with Crippen molar-refractivity contribution in [2.75, 3.05) is 11.9 Å². The van der Waals surface area contributed by atoms with Crippen molar-refractivity contribution >= 4 is 22.3 Å². The van der Waals surface area contributed by atoms with Crippen molar-refractivity contribution < 1.29 is 4.92 Å². The molecule has 0 amide bonds. The second kappa shape index (κ2) is 5.15. The highest BCUT2D eigenvalue weighted by molar-refractivity contribution is 5.94. The van der Waals surface area contributed by atoms with E-state index >= 15 is 0 Å². The first-order valence-corrected chi connectivity index (χ1v) is 5.43. The van der Waals surface area contributed by atoms with E-state index in [1.165, 1.54) is 0 Å². The van der Waals surface area contributed by atoms with Crippen LogP contribution in [0, 0.1) is 22.5 Å². The Hall–Kier alpha value is -2.61. The van der Waals surface area contributed by atoms with Gasteiger partial charge in [0.05, 0.1) is 15.8 Å². The number of nitro benzene ring substituents is 1. The fourth-order valence-corrected chi connectivity index (χ4v) is 1.75. The van der Waals surface area contributed by atoms with E-state index in [-0.39, 0.29) is 5.69 Å². The number of pyridine rings is 1. The predicted molar refractivity (Wildman–Crippen MR) is 70.3 cm³/mol. The molecule has 0 saturated carbocycles. The minimum Gasteiger partial charge on any atom is -0.379 e. The summed E-state index contributed by atoms with van der Waals surface area (Å²) < 4.78 is 0. The summed E-state index contributed by atoms with van der Waals surface area (Å²) in [5.74, 6) is 2.48. The number of hydrogen-bond donors (Lipinski definition) is 1. The second-order valence-electron chi connectivity index (χ2n) is 3.67. The van der Waals surface area contributed by atoms with Crippen molar-refractivity contribution in [3.05, 3.63) is 40.6 Å². The Balaban J connectivity index is 2.50. The third kappa shape index (κ3) is 2.23. The van der Waals surface area contributed by atoms with Crippen LogP contribution in [0.3, 0.4) is 0 Å². The fraction of sp³-hybridized carbons (Fsp3) is 0.154. The third-order valence-corrected chi connectivity index (χ3v) is 2.52. The SMILES string of the molecule is C#CCCNc1ccc2ncccc2c1[N+](=O)[O-]. The molecule has 0 aliphatic heterocycles. The molecule has 0 unspecified atom stereocenters. The molecule has 0 fully saturated rings. The van der Waals surface area contributed by atoms with Gasteiger partial charge in [0.2, 0.25) is 0 Å².